The molecule has 0 heterocycles. The van der Waals surface area contributed by atoms with Crippen LogP contribution in [0.15, 0.2) is 18.2 Å². The molecule has 1 aromatic carbocycles. The lowest BCUT2D eigenvalue weighted by molar-refractivity contribution is -0.124. The summed E-state index contributed by atoms with van der Waals surface area (Å²) in [7, 11) is 1.61. The van der Waals surface area contributed by atoms with Gasteiger partial charge in [0.15, 0.2) is 6.61 Å². The average Bonchev–Trinajstić information content (AvgIpc) is 2.79. The smallest absolute Gasteiger partial charge is 0.258 e. The molecule has 2 atom stereocenters. The summed E-state index contributed by atoms with van der Waals surface area (Å²) in [6, 6.07) is 5.91. The monoisotopic (exact) mass is 278 g/mol. The van der Waals surface area contributed by atoms with Gasteiger partial charge in [-0.3, -0.25) is 4.79 Å². The molecule has 20 heavy (non-hydrogen) atoms. The second-order valence-corrected chi connectivity index (χ2v) is 5.18. The van der Waals surface area contributed by atoms with E-state index in [1.54, 1.807) is 7.11 Å². The van der Waals surface area contributed by atoms with Gasteiger partial charge in [0.1, 0.15) is 5.75 Å². The SMILES string of the molecule is COCC(C)NC(=O)COc1cccc2c1CCC2N. The van der Waals surface area contributed by atoms with E-state index in [1.165, 1.54) is 0 Å². The van der Waals surface area contributed by atoms with Crippen LogP contribution in [0.1, 0.15) is 30.5 Å². The lowest BCUT2D eigenvalue weighted by atomic mass is 10.1. The van der Waals surface area contributed by atoms with Crippen molar-refractivity contribution in [2.24, 2.45) is 5.73 Å². The van der Waals surface area contributed by atoms with Gasteiger partial charge in [-0.05, 0) is 37.0 Å². The van der Waals surface area contributed by atoms with Crippen LogP contribution in [-0.4, -0.2) is 32.3 Å². The summed E-state index contributed by atoms with van der Waals surface area (Å²) in [5, 5.41) is 2.81. The molecule has 1 aliphatic rings. The first-order chi connectivity index (χ1) is 9.61. The van der Waals surface area contributed by atoms with Gasteiger partial charge in [-0.1, -0.05) is 12.1 Å². The van der Waals surface area contributed by atoms with Gasteiger partial charge in [-0.2, -0.15) is 0 Å². The van der Waals surface area contributed by atoms with E-state index in [2.05, 4.69) is 5.32 Å². The van der Waals surface area contributed by atoms with Crippen molar-refractivity contribution in [2.75, 3.05) is 20.3 Å². The third kappa shape index (κ3) is 3.49. The largest absolute Gasteiger partial charge is 0.483 e. The number of methoxy groups -OCH3 is 1. The number of benzene rings is 1. The lowest BCUT2D eigenvalue weighted by Gasteiger charge is -2.14. The number of nitrogens with two attached hydrogens (primary N) is 1. The first-order valence-corrected chi connectivity index (χ1v) is 6.90. The molecule has 1 aliphatic carbocycles. The predicted molar refractivity (Wildman–Crippen MR) is 76.7 cm³/mol. The van der Waals surface area contributed by atoms with Crippen molar-refractivity contribution in [2.45, 2.75) is 31.8 Å². The Labute approximate surface area is 119 Å². The highest BCUT2D eigenvalue weighted by Gasteiger charge is 2.22. The van der Waals surface area contributed by atoms with Crippen molar-refractivity contribution in [1.82, 2.24) is 5.32 Å². The molecule has 110 valence electrons. The summed E-state index contributed by atoms with van der Waals surface area (Å²) in [5.74, 6) is 0.624. The van der Waals surface area contributed by atoms with Crippen molar-refractivity contribution in [3.8, 4) is 5.75 Å². The maximum absolute atomic E-state index is 11.7. The summed E-state index contributed by atoms with van der Waals surface area (Å²) < 4.78 is 10.6. The number of rotatable bonds is 6. The van der Waals surface area contributed by atoms with E-state index in [-0.39, 0.29) is 24.6 Å². The highest BCUT2D eigenvalue weighted by molar-refractivity contribution is 5.77. The van der Waals surface area contributed by atoms with Gasteiger partial charge in [0, 0.05) is 19.2 Å². The Morgan fingerprint density at radius 2 is 2.35 bits per heavy atom. The standard InChI is InChI=1S/C15H22N2O3/c1-10(8-19-2)17-15(18)9-20-14-5-3-4-11-12(14)6-7-13(11)16/h3-5,10,13H,6-9,16H2,1-2H3,(H,17,18). The third-order valence-corrected chi connectivity index (χ3v) is 3.46. The Hall–Kier alpha value is -1.59. The molecule has 2 rings (SSSR count). The minimum Gasteiger partial charge on any atom is -0.483 e. The van der Waals surface area contributed by atoms with Crippen LogP contribution in [0.4, 0.5) is 0 Å². The summed E-state index contributed by atoms with van der Waals surface area (Å²) in [4.78, 5) is 11.7. The van der Waals surface area contributed by atoms with Gasteiger partial charge >= 0.3 is 0 Å². The van der Waals surface area contributed by atoms with Crippen LogP contribution in [-0.2, 0) is 16.0 Å². The second-order valence-electron chi connectivity index (χ2n) is 5.18. The maximum Gasteiger partial charge on any atom is 0.258 e. The van der Waals surface area contributed by atoms with Gasteiger partial charge in [0.2, 0.25) is 0 Å². The van der Waals surface area contributed by atoms with Crippen LogP contribution >= 0.6 is 0 Å². The van der Waals surface area contributed by atoms with Crippen LogP contribution in [0.25, 0.3) is 0 Å². The van der Waals surface area contributed by atoms with Gasteiger partial charge < -0.3 is 20.5 Å². The van der Waals surface area contributed by atoms with Gasteiger partial charge in [-0.25, -0.2) is 0 Å². The van der Waals surface area contributed by atoms with E-state index in [4.69, 9.17) is 15.2 Å². The summed E-state index contributed by atoms with van der Waals surface area (Å²) >= 11 is 0. The molecule has 5 nitrogen and oxygen atoms in total. The normalized spacial score (nSPS) is 18.4. The Morgan fingerprint density at radius 1 is 1.55 bits per heavy atom. The highest BCUT2D eigenvalue weighted by Crippen LogP contribution is 2.35. The van der Waals surface area contributed by atoms with Crippen LogP contribution in [0.5, 0.6) is 5.75 Å². The van der Waals surface area contributed by atoms with Crippen molar-refractivity contribution in [3.63, 3.8) is 0 Å². The molecule has 0 bridgehead atoms. The minimum absolute atomic E-state index is 0.0136. The van der Waals surface area contributed by atoms with E-state index in [0.29, 0.717) is 6.61 Å². The fourth-order valence-corrected chi connectivity index (χ4v) is 2.54. The minimum atomic E-state index is -0.144. The first-order valence-electron chi connectivity index (χ1n) is 6.90. The molecule has 0 fully saturated rings. The Kier molecular flexibility index (Phi) is 4.98. The number of fused-ring (bicyclic) bond motifs is 1. The van der Waals surface area contributed by atoms with Crippen molar-refractivity contribution >= 4 is 5.91 Å². The molecule has 3 N–H and O–H groups in total. The molecule has 1 amide bonds. The quantitative estimate of drug-likeness (QED) is 0.819. The van der Waals surface area contributed by atoms with Crippen LogP contribution in [0.3, 0.4) is 0 Å². The molecule has 1 aromatic rings. The van der Waals surface area contributed by atoms with Crippen LogP contribution in [0, 0.1) is 0 Å². The van der Waals surface area contributed by atoms with Gasteiger partial charge in [-0.15, -0.1) is 0 Å². The third-order valence-electron chi connectivity index (χ3n) is 3.46. The topological polar surface area (TPSA) is 73.6 Å². The summed E-state index contributed by atoms with van der Waals surface area (Å²) in [6.45, 7) is 2.39. The number of ether oxygens (including phenoxy) is 2. The van der Waals surface area contributed by atoms with Crippen molar-refractivity contribution < 1.29 is 14.3 Å². The number of hydrogen-bond acceptors (Lipinski definition) is 4. The Balaban J connectivity index is 1.90. The molecule has 0 saturated heterocycles. The van der Waals surface area contributed by atoms with E-state index in [0.717, 1.165) is 29.7 Å². The molecule has 0 spiro atoms. The average molecular weight is 278 g/mol. The lowest BCUT2D eigenvalue weighted by Crippen LogP contribution is -2.38. The van der Waals surface area contributed by atoms with E-state index < -0.39 is 0 Å². The van der Waals surface area contributed by atoms with Crippen molar-refractivity contribution in [1.29, 1.82) is 0 Å². The molecule has 2 unspecified atom stereocenters. The number of hydrogen-bond donors (Lipinski definition) is 2. The molecule has 0 radical (unpaired) electrons. The fraction of sp³-hybridized carbons (Fsp3) is 0.533. The van der Waals surface area contributed by atoms with E-state index in [1.807, 2.05) is 25.1 Å². The summed E-state index contributed by atoms with van der Waals surface area (Å²) in [5.41, 5.74) is 8.29. The number of amides is 1. The number of carbonyl (C=O) groups is 1. The van der Waals surface area contributed by atoms with Crippen LogP contribution in [0.2, 0.25) is 0 Å². The van der Waals surface area contributed by atoms with Gasteiger partial charge in [0.05, 0.1) is 6.61 Å². The molecule has 0 saturated carbocycles. The molecular formula is C15H22N2O3. The Bertz CT molecular complexity index is 476. The second kappa shape index (κ2) is 6.72. The maximum atomic E-state index is 11.7. The zero-order valence-electron chi connectivity index (χ0n) is 12.0. The summed E-state index contributed by atoms with van der Waals surface area (Å²) in [6.07, 6.45) is 1.85. The molecule has 0 aliphatic heterocycles. The number of nitrogens with one attached hydrogen (secondary N) is 1. The van der Waals surface area contributed by atoms with Crippen molar-refractivity contribution in [3.05, 3.63) is 29.3 Å². The first kappa shape index (κ1) is 14.8. The van der Waals surface area contributed by atoms with Crippen LogP contribution < -0.4 is 15.8 Å². The van der Waals surface area contributed by atoms with Gasteiger partial charge in [0.25, 0.3) is 5.91 Å². The zero-order chi connectivity index (χ0) is 14.5. The highest BCUT2D eigenvalue weighted by atomic mass is 16.5. The molecular weight excluding hydrogens is 256 g/mol. The number of carbonyl (C=O) groups excluding carboxylic acids is 1. The fourth-order valence-electron chi connectivity index (χ4n) is 2.54. The zero-order valence-corrected chi connectivity index (χ0v) is 12.0. The van der Waals surface area contributed by atoms with E-state index in [9.17, 15) is 4.79 Å². The Morgan fingerprint density at radius 3 is 3.10 bits per heavy atom. The predicted octanol–water partition coefficient (Wildman–Crippen LogP) is 1.16. The molecule has 5 heteroatoms. The molecule has 0 aromatic heterocycles. The van der Waals surface area contributed by atoms with E-state index >= 15 is 0 Å².